The van der Waals surface area contributed by atoms with Crippen LogP contribution >= 0.6 is 0 Å². The van der Waals surface area contributed by atoms with Crippen LogP contribution in [-0.4, -0.2) is 47.8 Å². The first-order valence-corrected chi connectivity index (χ1v) is 8.70. The molecule has 0 bridgehead atoms. The van der Waals surface area contributed by atoms with Crippen molar-refractivity contribution in [3.05, 3.63) is 0 Å². The number of hydrogen-bond donors (Lipinski definition) is 2. The van der Waals surface area contributed by atoms with E-state index in [1.165, 1.54) is 32.4 Å². The third kappa shape index (κ3) is 3.75. The van der Waals surface area contributed by atoms with Crippen LogP contribution in [0, 0.1) is 11.8 Å². The molecule has 20 heavy (non-hydrogen) atoms. The maximum Gasteiger partial charge on any atom is 0.0613 e. The van der Waals surface area contributed by atoms with Crippen LogP contribution in [0.1, 0.15) is 59.3 Å². The van der Waals surface area contributed by atoms with E-state index in [2.05, 4.69) is 31.0 Å². The van der Waals surface area contributed by atoms with Crippen molar-refractivity contribution in [3.8, 4) is 0 Å². The minimum absolute atomic E-state index is 0.00512. The number of likely N-dealkylation sites (tertiary alicyclic amines) is 1. The van der Waals surface area contributed by atoms with E-state index in [1.54, 1.807) is 0 Å². The SMILES string of the molecule is CCCNC1(CO)CCCC(N2CCC(C(C)C)C2)C1. The molecule has 1 heterocycles. The molecule has 3 heteroatoms. The molecule has 2 aliphatic rings. The Labute approximate surface area is 125 Å². The molecule has 0 radical (unpaired) electrons. The Morgan fingerprint density at radius 1 is 1.35 bits per heavy atom. The predicted molar refractivity (Wildman–Crippen MR) is 84.9 cm³/mol. The molecule has 2 N–H and O–H groups in total. The Bertz CT molecular complexity index is 295. The molecule has 0 aromatic rings. The topological polar surface area (TPSA) is 35.5 Å². The molecule has 1 saturated heterocycles. The smallest absolute Gasteiger partial charge is 0.0613 e. The van der Waals surface area contributed by atoms with Gasteiger partial charge in [-0.25, -0.2) is 0 Å². The molecular formula is C17H34N2O. The zero-order valence-corrected chi connectivity index (χ0v) is 13.7. The lowest BCUT2D eigenvalue weighted by Crippen LogP contribution is -2.55. The van der Waals surface area contributed by atoms with E-state index in [0.29, 0.717) is 12.6 Å². The van der Waals surface area contributed by atoms with Crippen molar-refractivity contribution in [3.63, 3.8) is 0 Å². The van der Waals surface area contributed by atoms with Crippen molar-refractivity contribution in [1.29, 1.82) is 0 Å². The minimum atomic E-state index is -0.00512. The van der Waals surface area contributed by atoms with Gasteiger partial charge < -0.3 is 15.3 Å². The Hall–Kier alpha value is -0.120. The van der Waals surface area contributed by atoms with Gasteiger partial charge in [0.15, 0.2) is 0 Å². The van der Waals surface area contributed by atoms with E-state index >= 15 is 0 Å². The van der Waals surface area contributed by atoms with Gasteiger partial charge in [0.25, 0.3) is 0 Å². The van der Waals surface area contributed by atoms with Crippen molar-refractivity contribution in [1.82, 2.24) is 10.2 Å². The molecule has 0 spiro atoms. The standard InChI is InChI=1S/C17H34N2O/c1-4-9-18-17(13-20)8-5-6-16(11-17)19-10-7-15(12-19)14(2)3/h14-16,18,20H,4-13H2,1-3H3. The van der Waals surface area contributed by atoms with Crippen LogP contribution in [0.3, 0.4) is 0 Å². The third-order valence-corrected chi connectivity index (χ3v) is 5.59. The van der Waals surface area contributed by atoms with Crippen molar-refractivity contribution in [2.45, 2.75) is 70.9 Å². The molecule has 3 unspecified atom stereocenters. The average molecular weight is 282 g/mol. The average Bonchev–Trinajstić information content (AvgIpc) is 2.95. The largest absolute Gasteiger partial charge is 0.394 e. The number of nitrogens with one attached hydrogen (secondary N) is 1. The second-order valence-corrected chi connectivity index (χ2v) is 7.40. The fraction of sp³-hybridized carbons (Fsp3) is 1.00. The maximum atomic E-state index is 9.89. The molecular weight excluding hydrogens is 248 g/mol. The number of hydrogen-bond acceptors (Lipinski definition) is 3. The lowest BCUT2D eigenvalue weighted by Gasteiger charge is -2.43. The molecule has 0 aromatic heterocycles. The van der Waals surface area contributed by atoms with E-state index in [9.17, 15) is 5.11 Å². The van der Waals surface area contributed by atoms with Crippen LogP contribution < -0.4 is 5.32 Å². The monoisotopic (exact) mass is 282 g/mol. The zero-order valence-electron chi connectivity index (χ0n) is 13.7. The molecule has 3 atom stereocenters. The number of rotatable bonds is 6. The summed E-state index contributed by atoms with van der Waals surface area (Å²) in [5.74, 6) is 1.69. The molecule has 1 aliphatic heterocycles. The zero-order chi connectivity index (χ0) is 14.6. The van der Waals surface area contributed by atoms with Crippen LogP contribution in [0.5, 0.6) is 0 Å². The second kappa shape index (κ2) is 7.24. The van der Waals surface area contributed by atoms with Crippen molar-refractivity contribution in [2.75, 3.05) is 26.2 Å². The van der Waals surface area contributed by atoms with Crippen LogP contribution in [0.2, 0.25) is 0 Å². The Balaban J connectivity index is 1.92. The highest BCUT2D eigenvalue weighted by molar-refractivity contribution is 4.97. The van der Waals surface area contributed by atoms with Gasteiger partial charge in [0.1, 0.15) is 0 Å². The molecule has 1 saturated carbocycles. The quantitative estimate of drug-likeness (QED) is 0.786. The predicted octanol–water partition coefficient (Wildman–Crippen LogP) is 2.64. The third-order valence-electron chi connectivity index (χ3n) is 5.59. The highest BCUT2D eigenvalue weighted by Gasteiger charge is 2.39. The fourth-order valence-electron chi connectivity index (χ4n) is 4.08. The maximum absolute atomic E-state index is 9.89. The van der Waals surface area contributed by atoms with Crippen LogP contribution in [0.25, 0.3) is 0 Å². The summed E-state index contributed by atoms with van der Waals surface area (Å²) in [4.78, 5) is 2.71. The molecule has 0 amide bonds. The van der Waals surface area contributed by atoms with Crippen LogP contribution in [0.15, 0.2) is 0 Å². The normalized spacial score (nSPS) is 35.9. The summed E-state index contributed by atoms with van der Waals surface area (Å²) in [6, 6.07) is 0.684. The van der Waals surface area contributed by atoms with Crippen molar-refractivity contribution in [2.24, 2.45) is 11.8 Å². The van der Waals surface area contributed by atoms with E-state index in [4.69, 9.17) is 0 Å². The molecule has 2 fully saturated rings. The molecule has 3 nitrogen and oxygen atoms in total. The Kier molecular flexibility index (Phi) is 5.88. The summed E-state index contributed by atoms with van der Waals surface area (Å²) in [5, 5.41) is 13.5. The van der Waals surface area contributed by atoms with Crippen molar-refractivity contribution >= 4 is 0 Å². The molecule has 1 aliphatic carbocycles. The molecule has 0 aromatic carbocycles. The molecule has 2 rings (SSSR count). The second-order valence-electron chi connectivity index (χ2n) is 7.40. The van der Waals surface area contributed by atoms with Gasteiger partial charge in [-0.1, -0.05) is 20.8 Å². The van der Waals surface area contributed by atoms with Crippen LogP contribution in [-0.2, 0) is 0 Å². The van der Waals surface area contributed by atoms with E-state index in [0.717, 1.165) is 37.6 Å². The minimum Gasteiger partial charge on any atom is -0.394 e. The van der Waals surface area contributed by atoms with Gasteiger partial charge in [0.2, 0.25) is 0 Å². The van der Waals surface area contributed by atoms with Gasteiger partial charge in [-0.2, -0.15) is 0 Å². The van der Waals surface area contributed by atoms with Gasteiger partial charge in [0, 0.05) is 18.1 Å². The fourth-order valence-corrected chi connectivity index (χ4v) is 4.08. The van der Waals surface area contributed by atoms with Crippen molar-refractivity contribution < 1.29 is 5.11 Å². The lowest BCUT2D eigenvalue weighted by molar-refractivity contribution is 0.0667. The van der Waals surface area contributed by atoms with Gasteiger partial charge in [0.05, 0.1) is 6.61 Å². The summed E-state index contributed by atoms with van der Waals surface area (Å²) in [5.41, 5.74) is -0.00512. The highest BCUT2D eigenvalue weighted by Crippen LogP contribution is 2.35. The first-order valence-electron chi connectivity index (χ1n) is 8.70. The summed E-state index contributed by atoms with van der Waals surface area (Å²) >= 11 is 0. The van der Waals surface area contributed by atoms with Gasteiger partial charge in [-0.3, -0.25) is 0 Å². The summed E-state index contributed by atoms with van der Waals surface area (Å²) in [6.45, 7) is 10.8. The number of aliphatic hydroxyl groups excluding tert-OH is 1. The lowest BCUT2D eigenvalue weighted by atomic mass is 9.78. The first-order chi connectivity index (χ1) is 9.60. The highest BCUT2D eigenvalue weighted by atomic mass is 16.3. The first kappa shape index (κ1) is 16.3. The summed E-state index contributed by atoms with van der Waals surface area (Å²) in [6.07, 6.45) is 7.36. The van der Waals surface area contributed by atoms with E-state index in [-0.39, 0.29) is 5.54 Å². The number of nitrogens with zero attached hydrogens (tertiary/aromatic N) is 1. The van der Waals surface area contributed by atoms with E-state index < -0.39 is 0 Å². The van der Waals surface area contributed by atoms with Crippen LogP contribution in [0.4, 0.5) is 0 Å². The van der Waals surface area contributed by atoms with Gasteiger partial charge >= 0.3 is 0 Å². The van der Waals surface area contributed by atoms with E-state index in [1.807, 2.05) is 0 Å². The molecule has 118 valence electrons. The van der Waals surface area contributed by atoms with Gasteiger partial charge in [-0.05, 0) is 63.5 Å². The Morgan fingerprint density at radius 3 is 2.75 bits per heavy atom. The number of aliphatic hydroxyl groups is 1. The summed E-state index contributed by atoms with van der Waals surface area (Å²) in [7, 11) is 0. The van der Waals surface area contributed by atoms with Gasteiger partial charge in [-0.15, -0.1) is 0 Å². The summed E-state index contributed by atoms with van der Waals surface area (Å²) < 4.78 is 0. The Morgan fingerprint density at radius 2 is 2.15 bits per heavy atom.